The first-order chi connectivity index (χ1) is 13.8. The Morgan fingerprint density at radius 1 is 1.29 bits per heavy atom. The fourth-order valence-corrected chi connectivity index (χ4v) is 3.59. The molecule has 1 unspecified atom stereocenters. The molecule has 6 nitrogen and oxygen atoms in total. The van der Waals surface area contributed by atoms with E-state index in [2.05, 4.69) is 52.7 Å². The summed E-state index contributed by atoms with van der Waals surface area (Å²) in [5.41, 5.74) is 2.65. The fourth-order valence-electron chi connectivity index (χ4n) is 3.59. The van der Waals surface area contributed by atoms with E-state index < -0.39 is 0 Å². The maximum atomic E-state index is 5.77. The zero-order chi connectivity index (χ0) is 19.6. The van der Waals surface area contributed by atoms with Gasteiger partial charge in [0.1, 0.15) is 0 Å². The summed E-state index contributed by atoms with van der Waals surface area (Å²) in [6, 6.07) is 10.5. The molecule has 1 aromatic carbocycles. The number of rotatable bonds is 9. The van der Waals surface area contributed by atoms with Gasteiger partial charge in [0.2, 0.25) is 0 Å². The van der Waals surface area contributed by atoms with E-state index in [1.54, 1.807) is 0 Å². The summed E-state index contributed by atoms with van der Waals surface area (Å²) in [6.07, 6.45) is 7.19. The highest BCUT2D eigenvalue weighted by Gasteiger charge is 2.26. The minimum absolute atomic E-state index is 0.541. The minimum Gasteiger partial charge on any atom is -0.381 e. The molecule has 0 radical (unpaired) electrons. The molecule has 1 atom stereocenters. The van der Waals surface area contributed by atoms with E-state index in [1.807, 2.05) is 24.0 Å². The van der Waals surface area contributed by atoms with E-state index in [0.717, 1.165) is 64.6 Å². The van der Waals surface area contributed by atoms with Crippen LogP contribution in [-0.4, -0.2) is 60.0 Å². The van der Waals surface area contributed by atoms with Crippen LogP contribution in [0.25, 0.3) is 0 Å². The summed E-state index contributed by atoms with van der Waals surface area (Å²) in [5, 5.41) is 7.75. The van der Waals surface area contributed by atoms with Crippen molar-refractivity contribution in [3.8, 4) is 0 Å². The highest BCUT2D eigenvalue weighted by molar-refractivity contribution is 5.80. The van der Waals surface area contributed by atoms with Crippen molar-refractivity contribution in [2.24, 2.45) is 12.0 Å². The molecule has 6 heteroatoms. The summed E-state index contributed by atoms with van der Waals surface area (Å²) in [4.78, 5) is 7.19. The summed E-state index contributed by atoms with van der Waals surface area (Å²) in [6.45, 7) is 7.38. The lowest BCUT2D eigenvalue weighted by atomic mass is 10.0. The molecule has 0 saturated carbocycles. The van der Waals surface area contributed by atoms with Crippen molar-refractivity contribution in [1.82, 2.24) is 20.0 Å². The monoisotopic (exact) mass is 383 g/mol. The summed E-state index contributed by atoms with van der Waals surface area (Å²) < 4.78 is 7.65. The van der Waals surface area contributed by atoms with Gasteiger partial charge in [-0.3, -0.25) is 9.67 Å². The van der Waals surface area contributed by atoms with Crippen molar-refractivity contribution in [1.29, 1.82) is 0 Å². The van der Waals surface area contributed by atoms with Gasteiger partial charge in [0.15, 0.2) is 5.96 Å². The Kier molecular flexibility index (Phi) is 7.91. The number of nitrogens with zero attached hydrogens (tertiary/aromatic N) is 4. The van der Waals surface area contributed by atoms with Crippen LogP contribution < -0.4 is 5.32 Å². The Bertz CT molecular complexity index is 728. The number of aryl methyl sites for hydroxylation is 1. The Hall–Kier alpha value is -2.34. The molecule has 2 aromatic rings. The van der Waals surface area contributed by atoms with Gasteiger partial charge < -0.3 is 15.0 Å². The third kappa shape index (κ3) is 6.09. The third-order valence-electron chi connectivity index (χ3n) is 5.11. The van der Waals surface area contributed by atoms with Crippen molar-refractivity contribution >= 4 is 5.96 Å². The third-order valence-corrected chi connectivity index (χ3v) is 5.11. The predicted octanol–water partition coefficient (Wildman–Crippen LogP) is 2.82. The number of nitrogens with one attached hydrogen (secondary N) is 1. The number of hydrogen-bond acceptors (Lipinski definition) is 3. The Labute approximate surface area is 168 Å². The molecule has 0 bridgehead atoms. The predicted molar refractivity (Wildman–Crippen MR) is 114 cm³/mol. The molecule has 28 heavy (non-hydrogen) atoms. The van der Waals surface area contributed by atoms with Gasteiger partial charge in [-0.1, -0.05) is 30.3 Å². The number of hydrogen-bond donors (Lipinski definition) is 1. The second kappa shape index (κ2) is 10.9. The summed E-state index contributed by atoms with van der Waals surface area (Å²) >= 11 is 0. The molecule has 0 aliphatic carbocycles. The van der Waals surface area contributed by atoms with Crippen LogP contribution in [0.2, 0.25) is 0 Å². The molecule has 2 heterocycles. The van der Waals surface area contributed by atoms with E-state index in [0.29, 0.717) is 5.92 Å². The molecule has 1 saturated heterocycles. The van der Waals surface area contributed by atoms with E-state index in [9.17, 15) is 0 Å². The van der Waals surface area contributed by atoms with Crippen LogP contribution in [-0.2, 0) is 18.2 Å². The average Bonchev–Trinajstić information content (AvgIpc) is 3.36. The number of aromatic nitrogens is 2. The summed E-state index contributed by atoms with van der Waals surface area (Å²) in [7, 11) is 1.98. The van der Waals surface area contributed by atoms with Crippen LogP contribution >= 0.6 is 0 Å². The minimum atomic E-state index is 0.541. The van der Waals surface area contributed by atoms with Gasteiger partial charge in [-0.2, -0.15) is 5.10 Å². The molecule has 1 aliphatic rings. The zero-order valence-electron chi connectivity index (χ0n) is 17.2. The lowest BCUT2D eigenvalue weighted by Gasteiger charge is -2.21. The lowest BCUT2D eigenvalue weighted by molar-refractivity contribution is 0.136. The van der Waals surface area contributed by atoms with Crippen LogP contribution in [0, 0.1) is 0 Å². The standard InChI is InChI=1S/C22H33N5O/c1-3-23-22(27-13-10-20(18-27)21-16-25-26(2)17-21)24-12-7-14-28-15-11-19-8-5-4-6-9-19/h4-6,8-9,16-17,20H,3,7,10-15,18H2,1-2H3,(H,23,24). The van der Waals surface area contributed by atoms with E-state index in [-0.39, 0.29) is 0 Å². The van der Waals surface area contributed by atoms with Gasteiger partial charge >= 0.3 is 0 Å². The second-order valence-electron chi connectivity index (χ2n) is 7.32. The lowest BCUT2D eigenvalue weighted by Crippen LogP contribution is -2.40. The van der Waals surface area contributed by atoms with Crippen LogP contribution in [0.5, 0.6) is 0 Å². The first-order valence-electron chi connectivity index (χ1n) is 10.4. The first-order valence-corrected chi connectivity index (χ1v) is 10.4. The zero-order valence-corrected chi connectivity index (χ0v) is 17.2. The van der Waals surface area contributed by atoms with E-state index >= 15 is 0 Å². The average molecular weight is 384 g/mol. The largest absolute Gasteiger partial charge is 0.381 e. The van der Waals surface area contributed by atoms with Crippen molar-refractivity contribution < 1.29 is 4.74 Å². The molecule has 152 valence electrons. The Balaban J connectivity index is 1.38. The van der Waals surface area contributed by atoms with Crippen molar-refractivity contribution in [3.63, 3.8) is 0 Å². The van der Waals surface area contributed by atoms with Crippen molar-refractivity contribution in [2.75, 3.05) is 39.4 Å². The van der Waals surface area contributed by atoms with Crippen LogP contribution in [0.15, 0.2) is 47.7 Å². The topological polar surface area (TPSA) is 54.7 Å². The van der Waals surface area contributed by atoms with Gasteiger partial charge in [-0.05, 0) is 37.3 Å². The van der Waals surface area contributed by atoms with Crippen LogP contribution in [0.1, 0.15) is 36.8 Å². The van der Waals surface area contributed by atoms with Crippen molar-refractivity contribution in [2.45, 2.75) is 32.1 Å². The second-order valence-corrected chi connectivity index (χ2v) is 7.32. The van der Waals surface area contributed by atoms with Crippen LogP contribution in [0.3, 0.4) is 0 Å². The van der Waals surface area contributed by atoms with E-state index in [1.165, 1.54) is 11.1 Å². The Morgan fingerprint density at radius 2 is 2.14 bits per heavy atom. The number of guanidine groups is 1. The smallest absolute Gasteiger partial charge is 0.193 e. The number of benzene rings is 1. The SMILES string of the molecule is CCNC(=NCCCOCCc1ccccc1)N1CCC(c2cnn(C)c2)C1. The maximum Gasteiger partial charge on any atom is 0.193 e. The highest BCUT2D eigenvalue weighted by Crippen LogP contribution is 2.26. The van der Waals surface area contributed by atoms with E-state index in [4.69, 9.17) is 9.73 Å². The molecule has 0 spiro atoms. The van der Waals surface area contributed by atoms with Gasteiger partial charge in [0, 0.05) is 51.9 Å². The maximum absolute atomic E-state index is 5.77. The number of aliphatic imine (C=N–C) groups is 1. The molecule has 1 N–H and O–H groups in total. The highest BCUT2D eigenvalue weighted by atomic mass is 16.5. The molecular weight excluding hydrogens is 350 g/mol. The number of likely N-dealkylation sites (tertiary alicyclic amines) is 1. The Morgan fingerprint density at radius 3 is 2.89 bits per heavy atom. The van der Waals surface area contributed by atoms with Crippen LogP contribution in [0.4, 0.5) is 0 Å². The van der Waals surface area contributed by atoms with Gasteiger partial charge in [-0.25, -0.2) is 0 Å². The molecule has 1 aromatic heterocycles. The van der Waals surface area contributed by atoms with Gasteiger partial charge in [-0.15, -0.1) is 0 Å². The molecule has 0 amide bonds. The number of ether oxygens (including phenoxy) is 1. The molecule has 1 fully saturated rings. The normalized spacial score (nSPS) is 17.3. The molecule has 3 rings (SSSR count). The quantitative estimate of drug-likeness (QED) is 0.411. The van der Waals surface area contributed by atoms with Crippen molar-refractivity contribution in [3.05, 3.63) is 53.9 Å². The molecular formula is C22H33N5O. The fraction of sp³-hybridized carbons (Fsp3) is 0.545. The molecule has 1 aliphatic heterocycles. The first kappa shape index (κ1) is 20.4. The summed E-state index contributed by atoms with van der Waals surface area (Å²) in [5.74, 6) is 1.57. The van der Waals surface area contributed by atoms with Gasteiger partial charge in [0.05, 0.1) is 12.8 Å². The van der Waals surface area contributed by atoms with Gasteiger partial charge in [0.25, 0.3) is 0 Å².